The van der Waals surface area contributed by atoms with Crippen LogP contribution in [0.5, 0.6) is 0 Å². The quantitative estimate of drug-likeness (QED) is 0.568. The summed E-state index contributed by atoms with van der Waals surface area (Å²) in [6.07, 6.45) is 14.8. The smallest absolute Gasteiger partial charge is 0.0949 e. The Hall–Kier alpha value is -3.28. The lowest BCUT2D eigenvalue weighted by molar-refractivity contribution is 0.792. The third-order valence-corrected chi connectivity index (χ3v) is 3.76. The van der Waals surface area contributed by atoms with Gasteiger partial charge in [-0.2, -0.15) is 0 Å². The van der Waals surface area contributed by atoms with Gasteiger partial charge in [-0.15, -0.1) is 0 Å². The van der Waals surface area contributed by atoms with Crippen LogP contribution in [0.1, 0.15) is 11.1 Å². The van der Waals surface area contributed by atoms with Gasteiger partial charge in [0.25, 0.3) is 0 Å². The summed E-state index contributed by atoms with van der Waals surface area (Å²) < 4.78 is 4.03. The highest BCUT2D eigenvalue weighted by Gasteiger charge is 2.03. The van der Waals surface area contributed by atoms with E-state index < -0.39 is 0 Å². The average molecular weight is 316 g/mol. The SMILES string of the molecule is c1cn(Cc2ccc(-c3ccc(Cn4ccnc4)cn3)nc2)cn1. The van der Waals surface area contributed by atoms with Gasteiger partial charge in [0.05, 0.1) is 24.0 Å². The maximum absolute atomic E-state index is 4.52. The lowest BCUT2D eigenvalue weighted by Gasteiger charge is -2.06. The van der Waals surface area contributed by atoms with Crippen molar-refractivity contribution >= 4 is 0 Å². The first kappa shape index (κ1) is 14.3. The summed E-state index contributed by atoms with van der Waals surface area (Å²) in [6, 6.07) is 8.15. The van der Waals surface area contributed by atoms with Crippen LogP contribution < -0.4 is 0 Å². The van der Waals surface area contributed by atoms with Gasteiger partial charge in [-0.05, 0) is 23.3 Å². The predicted octanol–water partition coefficient (Wildman–Crippen LogP) is 2.63. The zero-order valence-corrected chi connectivity index (χ0v) is 13.0. The molecule has 0 unspecified atom stereocenters. The first-order valence-electron chi connectivity index (χ1n) is 7.68. The summed E-state index contributed by atoms with van der Waals surface area (Å²) in [4.78, 5) is 17.1. The van der Waals surface area contributed by atoms with Gasteiger partial charge in [-0.25, -0.2) is 9.97 Å². The van der Waals surface area contributed by atoms with Gasteiger partial charge in [-0.1, -0.05) is 12.1 Å². The molecule has 0 spiro atoms. The van der Waals surface area contributed by atoms with Crippen molar-refractivity contribution in [3.8, 4) is 11.4 Å². The second-order valence-electron chi connectivity index (χ2n) is 5.57. The summed E-state index contributed by atoms with van der Waals surface area (Å²) in [5.41, 5.74) is 4.01. The maximum atomic E-state index is 4.52. The molecule has 0 saturated heterocycles. The number of hydrogen-bond acceptors (Lipinski definition) is 4. The zero-order valence-electron chi connectivity index (χ0n) is 13.0. The standard InChI is InChI=1S/C18H16N6/c1-3-17(21-9-15(1)11-23-7-5-19-13-23)18-4-2-16(10-22-18)12-24-8-6-20-14-24/h1-10,13-14H,11-12H2. The predicted molar refractivity (Wildman–Crippen MR) is 90.1 cm³/mol. The van der Waals surface area contributed by atoms with Gasteiger partial charge < -0.3 is 9.13 Å². The summed E-state index contributed by atoms with van der Waals surface area (Å²) in [5, 5.41) is 0. The van der Waals surface area contributed by atoms with Crippen LogP contribution in [0.3, 0.4) is 0 Å². The highest BCUT2D eigenvalue weighted by atomic mass is 15.0. The number of hydrogen-bond donors (Lipinski definition) is 0. The highest BCUT2D eigenvalue weighted by Crippen LogP contribution is 2.15. The second kappa shape index (κ2) is 6.45. The molecule has 0 aromatic carbocycles. The Kier molecular flexibility index (Phi) is 3.85. The summed E-state index contributed by atoms with van der Waals surface area (Å²) in [6.45, 7) is 1.54. The molecule has 0 bridgehead atoms. The third-order valence-electron chi connectivity index (χ3n) is 3.76. The average Bonchev–Trinajstić information content (AvgIpc) is 3.31. The van der Waals surface area contributed by atoms with Crippen LogP contribution in [0.25, 0.3) is 11.4 Å². The van der Waals surface area contributed by atoms with E-state index in [0.717, 1.165) is 35.6 Å². The van der Waals surface area contributed by atoms with Crippen molar-refractivity contribution in [2.24, 2.45) is 0 Å². The number of aromatic nitrogens is 6. The molecule has 0 aliphatic heterocycles. The Bertz CT molecular complexity index is 800. The van der Waals surface area contributed by atoms with Crippen molar-refractivity contribution in [1.82, 2.24) is 29.1 Å². The number of pyridine rings is 2. The van der Waals surface area contributed by atoms with Gasteiger partial charge in [0, 0.05) is 50.3 Å². The second-order valence-corrected chi connectivity index (χ2v) is 5.57. The molecule has 4 aromatic heterocycles. The van der Waals surface area contributed by atoms with E-state index in [2.05, 4.69) is 32.1 Å². The van der Waals surface area contributed by atoms with Gasteiger partial charge in [0.2, 0.25) is 0 Å². The maximum Gasteiger partial charge on any atom is 0.0949 e. The molecule has 4 rings (SSSR count). The van der Waals surface area contributed by atoms with Crippen molar-refractivity contribution in [3.05, 3.63) is 85.2 Å². The van der Waals surface area contributed by atoms with Crippen molar-refractivity contribution < 1.29 is 0 Å². The molecule has 6 heteroatoms. The minimum atomic E-state index is 0.768. The van der Waals surface area contributed by atoms with Crippen molar-refractivity contribution in [2.75, 3.05) is 0 Å². The topological polar surface area (TPSA) is 61.4 Å². The van der Waals surface area contributed by atoms with Crippen LogP contribution in [0.2, 0.25) is 0 Å². The fraction of sp³-hybridized carbons (Fsp3) is 0.111. The minimum Gasteiger partial charge on any atom is -0.333 e. The number of imidazole rings is 2. The normalized spacial score (nSPS) is 10.8. The third kappa shape index (κ3) is 3.22. The fourth-order valence-electron chi connectivity index (χ4n) is 2.52. The van der Waals surface area contributed by atoms with E-state index in [1.807, 2.05) is 46.1 Å². The molecule has 4 aromatic rings. The molecule has 0 aliphatic rings. The van der Waals surface area contributed by atoms with Crippen LogP contribution in [0, 0.1) is 0 Å². The summed E-state index contributed by atoms with van der Waals surface area (Å²) in [5.74, 6) is 0. The molecular formula is C18H16N6. The van der Waals surface area contributed by atoms with E-state index in [-0.39, 0.29) is 0 Å². The lowest BCUT2D eigenvalue weighted by atomic mass is 10.2. The lowest BCUT2D eigenvalue weighted by Crippen LogP contribution is -1.99. The Morgan fingerprint density at radius 2 is 1.17 bits per heavy atom. The highest BCUT2D eigenvalue weighted by molar-refractivity contribution is 5.54. The zero-order chi connectivity index (χ0) is 16.2. The van der Waals surface area contributed by atoms with E-state index in [1.165, 1.54) is 0 Å². The largest absolute Gasteiger partial charge is 0.333 e. The molecule has 0 radical (unpaired) electrons. The van der Waals surface area contributed by atoms with Gasteiger partial charge in [-0.3, -0.25) is 9.97 Å². The van der Waals surface area contributed by atoms with Crippen molar-refractivity contribution in [2.45, 2.75) is 13.1 Å². The Morgan fingerprint density at radius 3 is 1.50 bits per heavy atom. The van der Waals surface area contributed by atoms with Crippen LogP contribution in [0.4, 0.5) is 0 Å². The van der Waals surface area contributed by atoms with Crippen molar-refractivity contribution in [1.29, 1.82) is 0 Å². The molecule has 0 amide bonds. The first-order valence-corrected chi connectivity index (χ1v) is 7.68. The van der Waals surface area contributed by atoms with Crippen LogP contribution in [-0.4, -0.2) is 29.1 Å². The summed E-state index contributed by atoms with van der Waals surface area (Å²) >= 11 is 0. The van der Waals surface area contributed by atoms with E-state index in [9.17, 15) is 0 Å². The molecule has 6 nitrogen and oxygen atoms in total. The van der Waals surface area contributed by atoms with E-state index in [1.54, 1.807) is 25.0 Å². The molecule has 0 atom stereocenters. The Morgan fingerprint density at radius 1 is 0.667 bits per heavy atom. The van der Waals surface area contributed by atoms with E-state index >= 15 is 0 Å². The molecule has 4 heterocycles. The Balaban J connectivity index is 1.47. The van der Waals surface area contributed by atoms with E-state index in [0.29, 0.717) is 0 Å². The number of nitrogens with zero attached hydrogens (tertiary/aromatic N) is 6. The summed E-state index contributed by atoms with van der Waals surface area (Å²) in [7, 11) is 0. The molecule has 0 fully saturated rings. The molecule has 24 heavy (non-hydrogen) atoms. The Labute approximate surface area is 139 Å². The van der Waals surface area contributed by atoms with Crippen molar-refractivity contribution in [3.63, 3.8) is 0 Å². The van der Waals surface area contributed by atoms with Crippen LogP contribution >= 0.6 is 0 Å². The van der Waals surface area contributed by atoms with Gasteiger partial charge >= 0.3 is 0 Å². The molecule has 0 aliphatic carbocycles. The number of rotatable bonds is 5. The fourth-order valence-corrected chi connectivity index (χ4v) is 2.52. The molecule has 0 N–H and O–H groups in total. The van der Waals surface area contributed by atoms with Gasteiger partial charge in [0.15, 0.2) is 0 Å². The van der Waals surface area contributed by atoms with Crippen LogP contribution in [-0.2, 0) is 13.1 Å². The van der Waals surface area contributed by atoms with E-state index in [4.69, 9.17) is 0 Å². The monoisotopic (exact) mass is 316 g/mol. The molecule has 0 saturated carbocycles. The first-order chi connectivity index (χ1) is 11.9. The minimum absolute atomic E-state index is 0.768. The molecule has 118 valence electrons. The molecular weight excluding hydrogens is 300 g/mol. The van der Waals surface area contributed by atoms with Crippen LogP contribution in [0.15, 0.2) is 74.1 Å². The van der Waals surface area contributed by atoms with Gasteiger partial charge in [0.1, 0.15) is 0 Å².